The second-order valence-corrected chi connectivity index (χ2v) is 8.84. The van der Waals surface area contributed by atoms with Gasteiger partial charge in [-0.2, -0.15) is 0 Å². The SMILES string of the molecule is COc1cc(/C=C2\C(=O)NC(=O)N(c3ccccc3C)C2=O)cc(Br)c1OCC(=O)Nc1ccccc1. The molecule has 1 heterocycles. The van der Waals surface area contributed by atoms with Crippen LogP contribution in [0.3, 0.4) is 0 Å². The van der Waals surface area contributed by atoms with Crippen molar-refractivity contribution < 1.29 is 28.7 Å². The van der Waals surface area contributed by atoms with Gasteiger partial charge >= 0.3 is 6.03 Å². The molecule has 0 spiro atoms. The Labute approximate surface area is 221 Å². The maximum absolute atomic E-state index is 13.2. The third-order valence-electron chi connectivity index (χ3n) is 5.43. The minimum Gasteiger partial charge on any atom is -0.493 e. The van der Waals surface area contributed by atoms with Crippen LogP contribution in [0.5, 0.6) is 11.5 Å². The first-order chi connectivity index (χ1) is 17.8. The van der Waals surface area contributed by atoms with Gasteiger partial charge in [-0.1, -0.05) is 36.4 Å². The fraction of sp³-hybridized carbons (Fsp3) is 0.111. The lowest BCUT2D eigenvalue weighted by Gasteiger charge is -2.27. The number of ether oxygens (including phenoxy) is 2. The van der Waals surface area contributed by atoms with Crippen LogP contribution in [0.1, 0.15) is 11.1 Å². The molecular weight excluding hydrogens is 542 g/mol. The van der Waals surface area contributed by atoms with Crippen LogP contribution in [-0.2, 0) is 14.4 Å². The Balaban J connectivity index is 1.58. The first-order valence-corrected chi connectivity index (χ1v) is 11.9. The zero-order chi connectivity index (χ0) is 26.5. The van der Waals surface area contributed by atoms with Crippen molar-refractivity contribution in [2.24, 2.45) is 0 Å². The normalized spacial score (nSPS) is 14.4. The van der Waals surface area contributed by atoms with Gasteiger partial charge in [-0.05, 0) is 70.4 Å². The van der Waals surface area contributed by atoms with Gasteiger partial charge in [0, 0.05) is 5.69 Å². The van der Waals surface area contributed by atoms with Crippen molar-refractivity contribution in [1.29, 1.82) is 0 Å². The molecule has 4 rings (SSSR count). The fourth-order valence-corrected chi connectivity index (χ4v) is 4.25. The van der Waals surface area contributed by atoms with Gasteiger partial charge in [-0.25, -0.2) is 9.69 Å². The van der Waals surface area contributed by atoms with Crippen molar-refractivity contribution in [2.75, 3.05) is 23.9 Å². The summed E-state index contributed by atoms with van der Waals surface area (Å²) in [6, 6.07) is 18.2. The third-order valence-corrected chi connectivity index (χ3v) is 6.01. The fourth-order valence-electron chi connectivity index (χ4n) is 3.68. The number of barbiturate groups is 1. The lowest BCUT2D eigenvalue weighted by atomic mass is 10.1. The molecule has 0 aromatic heterocycles. The average Bonchev–Trinajstić information content (AvgIpc) is 2.87. The van der Waals surface area contributed by atoms with E-state index in [1.54, 1.807) is 67.6 Å². The van der Waals surface area contributed by atoms with E-state index in [-0.39, 0.29) is 29.6 Å². The zero-order valence-electron chi connectivity index (χ0n) is 19.9. The second-order valence-electron chi connectivity index (χ2n) is 7.98. The number of amides is 5. The number of carbonyl (C=O) groups is 4. The molecule has 0 bridgehead atoms. The third kappa shape index (κ3) is 5.70. The molecule has 1 aliphatic heterocycles. The van der Waals surface area contributed by atoms with E-state index in [0.717, 1.165) is 4.90 Å². The summed E-state index contributed by atoms with van der Waals surface area (Å²) < 4.78 is 11.5. The van der Waals surface area contributed by atoms with E-state index in [1.165, 1.54) is 13.2 Å². The number of imide groups is 2. The zero-order valence-corrected chi connectivity index (χ0v) is 21.5. The Morgan fingerprint density at radius 1 is 1.05 bits per heavy atom. The highest BCUT2D eigenvalue weighted by atomic mass is 79.9. The molecule has 3 aromatic carbocycles. The number of hydrogen-bond donors (Lipinski definition) is 2. The molecule has 0 unspecified atom stereocenters. The van der Waals surface area contributed by atoms with Crippen molar-refractivity contribution >= 4 is 57.1 Å². The van der Waals surface area contributed by atoms with Crippen molar-refractivity contribution in [1.82, 2.24) is 5.32 Å². The van der Waals surface area contributed by atoms with Gasteiger partial charge < -0.3 is 14.8 Å². The Morgan fingerprint density at radius 3 is 2.46 bits per heavy atom. The van der Waals surface area contributed by atoms with Crippen molar-refractivity contribution in [2.45, 2.75) is 6.92 Å². The predicted molar refractivity (Wildman–Crippen MR) is 141 cm³/mol. The van der Waals surface area contributed by atoms with Crippen molar-refractivity contribution in [3.05, 3.63) is 87.9 Å². The number of anilines is 2. The molecule has 2 N–H and O–H groups in total. The first kappa shape index (κ1) is 25.6. The number of aryl methyl sites for hydroxylation is 1. The van der Waals surface area contributed by atoms with E-state index in [4.69, 9.17) is 9.47 Å². The first-order valence-electron chi connectivity index (χ1n) is 11.1. The summed E-state index contributed by atoms with van der Waals surface area (Å²) in [6.45, 7) is 1.48. The molecular formula is C27H22BrN3O6. The number of nitrogens with one attached hydrogen (secondary N) is 2. The minimum absolute atomic E-state index is 0.229. The number of halogens is 1. The monoisotopic (exact) mass is 563 g/mol. The highest BCUT2D eigenvalue weighted by Gasteiger charge is 2.37. The van der Waals surface area contributed by atoms with Crippen LogP contribution in [0.25, 0.3) is 6.08 Å². The van der Waals surface area contributed by atoms with Crippen LogP contribution >= 0.6 is 15.9 Å². The van der Waals surface area contributed by atoms with E-state index in [9.17, 15) is 19.2 Å². The maximum Gasteiger partial charge on any atom is 0.335 e. The molecule has 188 valence electrons. The van der Waals surface area contributed by atoms with Crippen LogP contribution in [0, 0.1) is 6.92 Å². The number of benzene rings is 3. The molecule has 1 saturated heterocycles. The second kappa shape index (κ2) is 11.1. The molecule has 9 nitrogen and oxygen atoms in total. The van der Waals surface area contributed by atoms with Gasteiger partial charge in [-0.15, -0.1) is 0 Å². The number of nitrogens with zero attached hydrogens (tertiary/aromatic N) is 1. The van der Waals surface area contributed by atoms with Crippen LogP contribution in [0.2, 0.25) is 0 Å². The summed E-state index contributed by atoms with van der Waals surface area (Å²) in [5, 5.41) is 4.94. The molecule has 5 amide bonds. The quantitative estimate of drug-likeness (QED) is 0.324. The highest BCUT2D eigenvalue weighted by molar-refractivity contribution is 9.10. The predicted octanol–water partition coefficient (Wildman–Crippen LogP) is 4.45. The number of rotatable bonds is 7. The average molecular weight is 564 g/mol. The lowest BCUT2D eigenvalue weighted by molar-refractivity contribution is -0.122. The van der Waals surface area contributed by atoms with E-state index < -0.39 is 17.8 Å². The topological polar surface area (TPSA) is 114 Å². The summed E-state index contributed by atoms with van der Waals surface area (Å²) in [5.74, 6) is -1.39. The molecule has 0 radical (unpaired) electrons. The summed E-state index contributed by atoms with van der Waals surface area (Å²) in [5.41, 5.74) is 1.91. The molecule has 1 fully saturated rings. The Kier molecular flexibility index (Phi) is 7.69. The summed E-state index contributed by atoms with van der Waals surface area (Å²) in [7, 11) is 1.42. The smallest absolute Gasteiger partial charge is 0.335 e. The lowest BCUT2D eigenvalue weighted by Crippen LogP contribution is -2.54. The van der Waals surface area contributed by atoms with Crippen molar-refractivity contribution in [3.8, 4) is 11.5 Å². The summed E-state index contributed by atoms with van der Waals surface area (Å²) in [4.78, 5) is 51.4. The van der Waals surface area contributed by atoms with Gasteiger partial charge in [0.05, 0.1) is 17.3 Å². The number of carbonyl (C=O) groups excluding carboxylic acids is 4. The van der Waals surface area contributed by atoms with Crippen LogP contribution in [-0.4, -0.2) is 37.5 Å². The van der Waals surface area contributed by atoms with E-state index in [2.05, 4.69) is 26.6 Å². The van der Waals surface area contributed by atoms with Crippen LogP contribution < -0.4 is 25.0 Å². The Morgan fingerprint density at radius 2 is 1.76 bits per heavy atom. The van der Waals surface area contributed by atoms with E-state index >= 15 is 0 Å². The minimum atomic E-state index is -0.822. The largest absolute Gasteiger partial charge is 0.493 e. The van der Waals surface area contributed by atoms with E-state index in [1.807, 2.05) is 6.07 Å². The highest BCUT2D eigenvalue weighted by Crippen LogP contribution is 2.37. The Bertz CT molecular complexity index is 1420. The summed E-state index contributed by atoms with van der Waals surface area (Å²) >= 11 is 3.40. The number of methoxy groups -OCH3 is 1. The standard InChI is InChI=1S/C27H22BrN3O6/c1-16-8-6-7-11-21(16)31-26(34)19(25(33)30-27(31)35)12-17-13-20(28)24(22(14-17)36-2)37-15-23(32)29-18-9-4-3-5-10-18/h3-14H,15H2,1-2H3,(H,29,32)(H,30,33,35)/b19-12+. The molecule has 0 saturated carbocycles. The van der Waals surface area contributed by atoms with Gasteiger partial charge in [0.25, 0.3) is 17.7 Å². The van der Waals surface area contributed by atoms with Crippen LogP contribution in [0.4, 0.5) is 16.2 Å². The van der Waals surface area contributed by atoms with Gasteiger partial charge in [0.1, 0.15) is 5.57 Å². The molecule has 10 heteroatoms. The molecule has 37 heavy (non-hydrogen) atoms. The molecule has 3 aromatic rings. The number of urea groups is 1. The maximum atomic E-state index is 13.2. The number of para-hydroxylation sites is 2. The molecule has 0 aliphatic carbocycles. The molecule has 1 aliphatic rings. The molecule has 0 atom stereocenters. The Hall–Kier alpha value is -4.44. The van der Waals surface area contributed by atoms with Gasteiger partial charge in [0.15, 0.2) is 18.1 Å². The van der Waals surface area contributed by atoms with Gasteiger partial charge in [0.2, 0.25) is 0 Å². The van der Waals surface area contributed by atoms with Gasteiger partial charge in [-0.3, -0.25) is 19.7 Å². The number of hydrogen-bond acceptors (Lipinski definition) is 6. The van der Waals surface area contributed by atoms with Crippen LogP contribution in [0.15, 0.2) is 76.8 Å². The summed E-state index contributed by atoms with van der Waals surface area (Å²) in [6.07, 6.45) is 1.36. The van der Waals surface area contributed by atoms with E-state index in [0.29, 0.717) is 27.0 Å². The van der Waals surface area contributed by atoms with Crippen molar-refractivity contribution in [3.63, 3.8) is 0 Å².